The molecular weight excluding hydrogens is 378 g/mol. The summed E-state index contributed by atoms with van der Waals surface area (Å²) in [7, 11) is -3.44. The van der Waals surface area contributed by atoms with Gasteiger partial charge in [-0.1, -0.05) is 0 Å². The summed E-state index contributed by atoms with van der Waals surface area (Å²) in [5.74, 6) is 0. The Morgan fingerprint density at radius 2 is 2.33 bits per heavy atom. The third-order valence-corrected chi connectivity index (χ3v) is 6.78. The number of nitrogens with zero attached hydrogens (tertiary/aromatic N) is 2. The average Bonchev–Trinajstić information content (AvgIpc) is 3.06. The predicted molar refractivity (Wildman–Crippen MR) is 82.8 cm³/mol. The molecule has 21 heavy (non-hydrogen) atoms. The number of thiophene rings is 1. The van der Waals surface area contributed by atoms with Crippen molar-refractivity contribution in [2.45, 2.75) is 23.8 Å². The van der Waals surface area contributed by atoms with Crippen LogP contribution in [-0.2, 0) is 34.3 Å². The molecule has 0 saturated heterocycles. The molecule has 6 nitrogen and oxygen atoms in total. The van der Waals surface area contributed by atoms with Gasteiger partial charge in [-0.25, -0.2) is 13.1 Å². The Balaban J connectivity index is 1.62. The van der Waals surface area contributed by atoms with E-state index in [2.05, 4.69) is 25.8 Å². The quantitative estimate of drug-likeness (QED) is 0.842. The van der Waals surface area contributed by atoms with E-state index in [1.807, 2.05) is 4.68 Å². The summed E-state index contributed by atoms with van der Waals surface area (Å²) in [6.45, 7) is 2.10. The standard InChI is InChI=1S/C12H14BrN3O3S2/c13-11-1-2-12(20-11)21(17,18)15-4-5-16-10-3-6-19-8-9(10)7-14-16/h1-2,7,15H,3-6,8H2. The van der Waals surface area contributed by atoms with Crippen molar-refractivity contribution in [3.05, 3.63) is 33.4 Å². The maximum Gasteiger partial charge on any atom is 0.250 e. The highest BCUT2D eigenvalue weighted by molar-refractivity contribution is 9.11. The second-order valence-electron chi connectivity index (χ2n) is 4.60. The fourth-order valence-electron chi connectivity index (χ4n) is 2.20. The van der Waals surface area contributed by atoms with Crippen molar-refractivity contribution in [1.82, 2.24) is 14.5 Å². The molecule has 1 aliphatic rings. The molecule has 0 aromatic carbocycles. The molecule has 0 spiro atoms. The number of rotatable bonds is 5. The molecular formula is C12H14BrN3O3S2. The van der Waals surface area contributed by atoms with Crippen LogP contribution in [0.5, 0.6) is 0 Å². The summed E-state index contributed by atoms with van der Waals surface area (Å²) in [6, 6.07) is 3.31. The molecule has 3 rings (SSSR count). The van der Waals surface area contributed by atoms with Crippen LogP contribution in [0.15, 0.2) is 26.3 Å². The van der Waals surface area contributed by atoms with Crippen molar-refractivity contribution in [2.75, 3.05) is 13.2 Å². The third kappa shape index (κ3) is 3.37. The van der Waals surface area contributed by atoms with Crippen LogP contribution in [0.2, 0.25) is 0 Å². The molecule has 0 unspecified atom stereocenters. The lowest BCUT2D eigenvalue weighted by Gasteiger charge is -2.14. The number of aromatic nitrogens is 2. The maximum atomic E-state index is 12.1. The van der Waals surface area contributed by atoms with Crippen LogP contribution in [0.1, 0.15) is 11.3 Å². The van der Waals surface area contributed by atoms with Crippen molar-refractivity contribution >= 4 is 37.3 Å². The Hall–Kier alpha value is -0.740. The number of sulfonamides is 1. The van der Waals surface area contributed by atoms with Crippen molar-refractivity contribution in [3.8, 4) is 0 Å². The first-order valence-corrected chi connectivity index (χ1v) is 9.52. The van der Waals surface area contributed by atoms with Crippen molar-refractivity contribution in [3.63, 3.8) is 0 Å². The minimum atomic E-state index is -3.44. The zero-order chi connectivity index (χ0) is 14.9. The number of hydrogen-bond donors (Lipinski definition) is 1. The van der Waals surface area contributed by atoms with Gasteiger partial charge in [0.25, 0.3) is 0 Å². The Bertz CT molecular complexity index is 739. The summed E-state index contributed by atoms with van der Waals surface area (Å²) in [4.78, 5) is 0. The fraction of sp³-hybridized carbons (Fsp3) is 0.417. The first kappa shape index (κ1) is 15.2. The number of halogens is 1. The van der Waals surface area contributed by atoms with Gasteiger partial charge in [-0.3, -0.25) is 4.68 Å². The molecule has 0 saturated carbocycles. The molecule has 0 bridgehead atoms. The average molecular weight is 392 g/mol. The van der Waals surface area contributed by atoms with Gasteiger partial charge < -0.3 is 4.74 Å². The molecule has 0 radical (unpaired) electrons. The van der Waals surface area contributed by atoms with Gasteiger partial charge in [0.15, 0.2) is 0 Å². The van der Waals surface area contributed by atoms with E-state index in [0.29, 0.717) is 30.5 Å². The number of ether oxygens (including phenoxy) is 1. The highest BCUT2D eigenvalue weighted by Gasteiger charge is 2.18. The normalized spacial score (nSPS) is 15.1. The Labute approximate surface area is 135 Å². The van der Waals surface area contributed by atoms with Crippen LogP contribution in [0.4, 0.5) is 0 Å². The molecule has 1 aliphatic heterocycles. The second-order valence-corrected chi connectivity index (χ2v) is 9.06. The zero-order valence-electron chi connectivity index (χ0n) is 11.1. The molecule has 2 aromatic heterocycles. The van der Waals surface area contributed by atoms with Gasteiger partial charge in [0.05, 0.1) is 29.7 Å². The van der Waals surface area contributed by atoms with Crippen LogP contribution in [0, 0.1) is 0 Å². The van der Waals surface area contributed by atoms with Crippen molar-refractivity contribution in [2.24, 2.45) is 0 Å². The smallest absolute Gasteiger partial charge is 0.250 e. The van der Waals surface area contributed by atoms with Gasteiger partial charge in [0.2, 0.25) is 10.0 Å². The lowest BCUT2D eigenvalue weighted by atomic mass is 10.2. The molecule has 0 atom stereocenters. The minimum absolute atomic E-state index is 0.310. The van der Waals surface area contributed by atoms with E-state index >= 15 is 0 Å². The summed E-state index contributed by atoms with van der Waals surface area (Å²) < 4.78 is 35.1. The first-order valence-electron chi connectivity index (χ1n) is 6.42. The van der Waals surface area contributed by atoms with Gasteiger partial charge >= 0.3 is 0 Å². The van der Waals surface area contributed by atoms with Gasteiger partial charge in [0, 0.05) is 24.2 Å². The Morgan fingerprint density at radius 3 is 3.10 bits per heavy atom. The SMILES string of the molecule is O=S(=O)(NCCn1ncc2c1CCOC2)c1ccc(Br)s1. The lowest BCUT2D eigenvalue weighted by Crippen LogP contribution is -2.28. The molecule has 3 heterocycles. The predicted octanol–water partition coefficient (Wildman–Crippen LogP) is 1.76. The molecule has 2 aromatic rings. The van der Waals surface area contributed by atoms with Crippen LogP contribution >= 0.6 is 27.3 Å². The Kier molecular flexibility index (Phi) is 4.46. The largest absolute Gasteiger partial charge is 0.376 e. The summed E-state index contributed by atoms with van der Waals surface area (Å²) in [5.41, 5.74) is 2.23. The number of hydrogen-bond acceptors (Lipinski definition) is 5. The molecule has 0 fully saturated rings. The second kappa shape index (κ2) is 6.17. The van der Waals surface area contributed by atoms with Gasteiger partial charge in [0.1, 0.15) is 4.21 Å². The topological polar surface area (TPSA) is 73.2 Å². The molecule has 1 N–H and O–H groups in total. The van der Waals surface area contributed by atoms with E-state index in [1.54, 1.807) is 18.3 Å². The molecule has 0 aliphatic carbocycles. The summed E-state index contributed by atoms with van der Waals surface area (Å²) in [6.07, 6.45) is 2.61. The first-order chi connectivity index (χ1) is 10.1. The van der Waals surface area contributed by atoms with Crippen LogP contribution in [-0.4, -0.2) is 31.3 Å². The summed E-state index contributed by atoms with van der Waals surface area (Å²) >= 11 is 4.46. The number of nitrogens with one attached hydrogen (secondary N) is 1. The van der Waals surface area contributed by atoms with Gasteiger partial charge in [-0.2, -0.15) is 5.10 Å². The lowest BCUT2D eigenvalue weighted by molar-refractivity contribution is 0.109. The fourth-order valence-corrected chi connectivity index (χ4v) is 5.28. The zero-order valence-corrected chi connectivity index (χ0v) is 14.3. The monoisotopic (exact) mass is 391 g/mol. The van der Waals surface area contributed by atoms with Crippen molar-refractivity contribution in [1.29, 1.82) is 0 Å². The van der Waals surface area contributed by atoms with E-state index in [0.717, 1.165) is 21.5 Å². The van der Waals surface area contributed by atoms with E-state index in [-0.39, 0.29) is 0 Å². The van der Waals surface area contributed by atoms with Gasteiger partial charge in [-0.15, -0.1) is 11.3 Å². The van der Waals surface area contributed by atoms with Crippen LogP contribution in [0.3, 0.4) is 0 Å². The van der Waals surface area contributed by atoms with Crippen LogP contribution < -0.4 is 4.72 Å². The minimum Gasteiger partial charge on any atom is -0.376 e. The third-order valence-electron chi connectivity index (χ3n) is 3.21. The van der Waals surface area contributed by atoms with Gasteiger partial charge in [-0.05, 0) is 28.1 Å². The Morgan fingerprint density at radius 1 is 1.48 bits per heavy atom. The maximum absolute atomic E-state index is 12.1. The van der Waals surface area contributed by atoms with Crippen LogP contribution in [0.25, 0.3) is 0 Å². The van der Waals surface area contributed by atoms with E-state index < -0.39 is 10.0 Å². The molecule has 9 heteroatoms. The van der Waals surface area contributed by atoms with Crippen molar-refractivity contribution < 1.29 is 13.2 Å². The molecule has 114 valence electrons. The number of fused-ring (bicyclic) bond motifs is 1. The highest BCUT2D eigenvalue weighted by Crippen LogP contribution is 2.25. The van der Waals surface area contributed by atoms with E-state index in [1.165, 1.54) is 11.3 Å². The van der Waals surface area contributed by atoms with E-state index in [9.17, 15) is 8.42 Å². The summed E-state index contributed by atoms with van der Waals surface area (Å²) in [5, 5.41) is 4.29. The highest BCUT2D eigenvalue weighted by atomic mass is 79.9. The van der Waals surface area contributed by atoms with E-state index in [4.69, 9.17) is 4.74 Å². The molecule has 0 amide bonds.